The van der Waals surface area contributed by atoms with Crippen LogP contribution in [0.25, 0.3) is 21.3 Å². The molecule has 0 aliphatic rings. The second-order valence-electron chi connectivity index (χ2n) is 9.64. The summed E-state index contributed by atoms with van der Waals surface area (Å²) in [4.78, 5) is 26.5. The van der Waals surface area contributed by atoms with Gasteiger partial charge in [-0.1, -0.05) is 38.1 Å². The first-order valence-electron chi connectivity index (χ1n) is 12.5. The maximum atomic E-state index is 13.6. The lowest BCUT2D eigenvalue weighted by molar-refractivity contribution is 0.104. The van der Waals surface area contributed by atoms with Gasteiger partial charge in [-0.05, 0) is 54.3 Å². The summed E-state index contributed by atoms with van der Waals surface area (Å²) in [6.07, 6.45) is 1.45. The SMILES string of the molecule is Cc1ccnc(NS(=O)(=O)c2ccc(C(=O)c3sc4nc(N)c(C#N)c(-c5ccc(C(C)C)cc5)c4c3N)cc2)n1. The van der Waals surface area contributed by atoms with Crippen LogP contribution in [0.3, 0.4) is 0 Å². The van der Waals surface area contributed by atoms with Crippen LogP contribution in [0, 0.1) is 18.3 Å². The zero-order valence-electron chi connectivity index (χ0n) is 22.3. The number of ketones is 1. The first-order valence-corrected chi connectivity index (χ1v) is 14.8. The van der Waals surface area contributed by atoms with Gasteiger partial charge < -0.3 is 11.5 Å². The number of thiophene rings is 1. The van der Waals surface area contributed by atoms with Crippen molar-refractivity contribution in [2.75, 3.05) is 16.2 Å². The van der Waals surface area contributed by atoms with E-state index in [0.29, 0.717) is 27.4 Å². The molecular weight excluding hydrogens is 558 g/mol. The number of carbonyl (C=O) groups is 1. The van der Waals surface area contributed by atoms with Crippen molar-refractivity contribution in [1.82, 2.24) is 15.0 Å². The Bertz CT molecular complexity index is 1960. The van der Waals surface area contributed by atoms with E-state index in [2.05, 4.69) is 39.6 Å². The van der Waals surface area contributed by atoms with Crippen LogP contribution in [0.4, 0.5) is 17.5 Å². The topological polar surface area (TPSA) is 178 Å². The van der Waals surface area contributed by atoms with Gasteiger partial charge in [0.15, 0.2) is 0 Å². The molecule has 3 heterocycles. The van der Waals surface area contributed by atoms with Gasteiger partial charge in [-0.25, -0.2) is 28.1 Å². The number of nitrogens with zero attached hydrogens (tertiary/aromatic N) is 4. The second-order valence-corrected chi connectivity index (χ2v) is 12.3. The molecule has 5 aromatic rings. The quantitative estimate of drug-likeness (QED) is 0.216. The molecule has 0 saturated carbocycles. The largest absolute Gasteiger partial charge is 0.397 e. The summed E-state index contributed by atoms with van der Waals surface area (Å²) in [7, 11) is -3.99. The summed E-state index contributed by atoms with van der Waals surface area (Å²) in [5, 5.41) is 10.4. The fourth-order valence-corrected chi connectivity index (χ4v) is 6.39. The highest BCUT2D eigenvalue weighted by atomic mass is 32.2. The minimum atomic E-state index is -3.99. The summed E-state index contributed by atoms with van der Waals surface area (Å²) < 4.78 is 28.0. The van der Waals surface area contributed by atoms with Gasteiger partial charge in [0.05, 0.1) is 10.6 Å². The molecule has 0 aliphatic heterocycles. The van der Waals surface area contributed by atoms with E-state index < -0.39 is 15.8 Å². The first-order chi connectivity index (χ1) is 19.5. The number of nitrogens with one attached hydrogen (secondary N) is 1. The van der Waals surface area contributed by atoms with Crippen LogP contribution in [0.5, 0.6) is 0 Å². The summed E-state index contributed by atoms with van der Waals surface area (Å²) in [5.41, 5.74) is 16.3. The number of fused-ring (bicyclic) bond motifs is 1. The molecule has 10 nitrogen and oxygen atoms in total. The van der Waals surface area contributed by atoms with Crippen molar-refractivity contribution in [2.45, 2.75) is 31.6 Å². The average molecular weight is 584 g/mol. The molecule has 0 spiro atoms. The lowest BCUT2D eigenvalue weighted by Gasteiger charge is -2.11. The Morgan fingerprint density at radius 2 is 1.71 bits per heavy atom. The van der Waals surface area contributed by atoms with Gasteiger partial charge in [0.25, 0.3) is 10.0 Å². The van der Waals surface area contributed by atoms with Crippen LogP contribution < -0.4 is 16.2 Å². The molecule has 3 aromatic heterocycles. The van der Waals surface area contributed by atoms with E-state index >= 15 is 0 Å². The van der Waals surface area contributed by atoms with Gasteiger partial charge in [-0.15, -0.1) is 11.3 Å². The number of sulfonamides is 1. The number of aryl methyl sites for hydroxylation is 1. The molecule has 0 amide bonds. The van der Waals surface area contributed by atoms with Gasteiger partial charge in [-0.2, -0.15) is 5.26 Å². The van der Waals surface area contributed by atoms with E-state index in [-0.39, 0.29) is 38.4 Å². The van der Waals surface area contributed by atoms with Gasteiger partial charge in [-0.3, -0.25) is 4.79 Å². The first kappa shape index (κ1) is 27.7. The number of nitrogen functional groups attached to an aromatic ring is 2. The molecule has 0 fully saturated rings. The third-order valence-corrected chi connectivity index (χ3v) is 8.98. The molecule has 0 atom stereocenters. The Hall–Kier alpha value is -4.86. The van der Waals surface area contributed by atoms with Crippen molar-refractivity contribution in [3.63, 3.8) is 0 Å². The number of nitrogens with two attached hydrogens (primary N) is 2. The maximum absolute atomic E-state index is 13.6. The van der Waals surface area contributed by atoms with Gasteiger partial charge >= 0.3 is 0 Å². The Labute approximate surface area is 240 Å². The highest BCUT2D eigenvalue weighted by Gasteiger charge is 2.25. The Morgan fingerprint density at radius 1 is 1.02 bits per heavy atom. The fourth-order valence-electron chi connectivity index (χ4n) is 4.37. The molecular formula is C29H25N7O3S2. The molecule has 0 saturated heterocycles. The van der Waals surface area contributed by atoms with Crippen LogP contribution >= 0.6 is 11.3 Å². The van der Waals surface area contributed by atoms with Crippen molar-refractivity contribution in [3.8, 4) is 17.2 Å². The zero-order chi connectivity index (χ0) is 29.5. The monoisotopic (exact) mass is 583 g/mol. The number of anilines is 3. The second kappa shape index (κ2) is 10.6. The van der Waals surface area contributed by atoms with Crippen molar-refractivity contribution in [2.24, 2.45) is 0 Å². The number of rotatable bonds is 7. The van der Waals surface area contributed by atoms with Gasteiger partial charge in [0.2, 0.25) is 11.7 Å². The highest BCUT2D eigenvalue weighted by Crippen LogP contribution is 2.43. The lowest BCUT2D eigenvalue weighted by Crippen LogP contribution is -2.15. The molecule has 12 heteroatoms. The maximum Gasteiger partial charge on any atom is 0.264 e. The number of nitriles is 1. The number of aromatic nitrogens is 3. The normalized spacial score (nSPS) is 11.5. The lowest BCUT2D eigenvalue weighted by atomic mass is 9.94. The van der Waals surface area contributed by atoms with E-state index in [0.717, 1.165) is 22.5 Å². The fraction of sp³-hybridized carbons (Fsp3) is 0.138. The Kier molecular flexibility index (Phi) is 7.17. The van der Waals surface area contributed by atoms with E-state index in [1.807, 2.05) is 24.3 Å². The van der Waals surface area contributed by atoms with Crippen molar-refractivity contribution < 1.29 is 13.2 Å². The third-order valence-electron chi connectivity index (χ3n) is 6.54. The van der Waals surface area contributed by atoms with E-state index in [9.17, 15) is 18.5 Å². The number of hydrogen-bond acceptors (Lipinski definition) is 10. The van der Waals surface area contributed by atoms with Crippen LogP contribution in [0.2, 0.25) is 0 Å². The van der Waals surface area contributed by atoms with Gasteiger partial charge in [0.1, 0.15) is 27.2 Å². The molecule has 5 rings (SSSR count). The van der Waals surface area contributed by atoms with Gasteiger partial charge in [0, 0.05) is 28.4 Å². The summed E-state index contributed by atoms with van der Waals surface area (Å²) in [6, 6.07) is 17.0. The van der Waals surface area contributed by atoms with Crippen molar-refractivity contribution in [1.29, 1.82) is 5.26 Å². The molecule has 206 valence electrons. The molecule has 41 heavy (non-hydrogen) atoms. The standard InChI is InChI=1S/C29H25N7O3S2/c1-15(2)17-4-6-18(7-5-17)22-21(14-30)27(32)35-28-23(22)24(31)26(40-28)25(37)19-8-10-20(11-9-19)41(38,39)36-29-33-13-12-16(3)34-29/h4-13,15H,31H2,1-3H3,(H2,32,35)(H,33,34,36). The molecule has 2 aromatic carbocycles. The number of benzene rings is 2. The smallest absolute Gasteiger partial charge is 0.264 e. The molecule has 5 N–H and O–H groups in total. The minimum Gasteiger partial charge on any atom is -0.397 e. The highest BCUT2D eigenvalue weighted by molar-refractivity contribution is 7.92. The van der Waals surface area contributed by atoms with E-state index in [1.54, 1.807) is 13.0 Å². The van der Waals surface area contributed by atoms with E-state index in [4.69, 9.17) is 11.5 Å². The molecule has 0 aliphatic carbocycles. The van der Waals surface area contributed by atoms with Crippen LogP contribution in [-0.4, -0.2) is 29.2 Å². The van der Waals surface area contributed by atoms with Crippen LogP contribution in [0.15, 0.2) is 65.7 Å². The molecule has 0 bridgehead atoms. The van der Waals surface area contributed by atoms with Crippen LogP contribution in [-0.2, 0) is 10.0 Å². The minimum absolute atomic E-state index is 0.0443. The van der Waals surface area contributed by atoms with E-state index in [1.165, 1.54) is 30.5 Å². The average Bonchev–Trinajstić information content (AvgIpc) is 3.27. The Balaban J connectivity index is 1.53. The predicted octanol–water partition coefficient (Wildman–Crippen LogP) is 5.25. The van der Waals surface area contributed by atoms with Crippen LogP contribution in [0.1, 0.15) is 51.8 Å². The zero-order valence-corrected chi connectivity index (χ0v) is 24.0. The summed E-state index contributed by atoms with van der Waals surface area (Å²) in [5.74, 6) is -0.0997. The predicted molar refractivity (Wildman–Crippen MR) is 160 cm³/mol. The molecule has 0 unspecified atom stereocenters. The van der Waals surface area contributed by atoms with Crippen molar-refractivity contribution >= 4 is 54.8 Å². The number of carbonyl (C=O) groups excluding carboxylic acids is 1. The number of pyridine rings is 1. The summed E-state index contributed by atoms with van der Waals surface area (Å²) >= 11 is 1.07. The number of hydrogen-bond donors (Lipinski definition) is 3. The summed E-state index contributed by atoms with van der Waals surface area (Å²) in [6.45, 7) is 5.89. The third kappa shape index (κ3) is 5.20. The molecule has 0 radical (unpaired) electrons. The van der Waals surface area contributed by atoms with Crippen molar-refractivity contribution in [3.05, 3.63) is 88.1 Å². The Morgan fingerprint density at radius 3 is 2.32 bits per heavy atom.